The molecule has 4 nitrogen and oxygen atoms in total. The van der Waals surface area contributed by atoms with Gasteiger partial charge in [-0.3, -0.25) is 4.79 Å². The average Bonchev–Trinajstić information content (AvgIpc) is 2.86. The SMILES string of the molecule is CCCN1C(=O)c2ccc(OCc3ccccc3)cc2C1C#N. The maximum absolute atomic E-state index is 12.4. The van der Waals surface area contributed by atoms with E-state index in [2.05, 4.69) is 6.07 Å². The van der Waals surface area contributed by atoms with Gasteiger partial charge in [-0.25, -0.2) is 0 Å². The van der Waals surface area contributed by atoms with Crippen LogP contribution in [0.25, 0.3) is 0 Å². The summed E-state index contributed by atoms with van der Waals surface area (Å²) in [6.07, 6.45) is 0.829. The number of fused-ring (bicyclic) bond motifs is 1. The fourth-order valence-corrected chi connectivity index (χ4v) is 2.84. The molecule has 0 fully saturated rings. The lowest BCUT2D eigenvalue weighted by Crippen LogP contribution is -2.28. The summed E-state index contributed by atoms with van der Waals surface area (Å²) in [6.45, 7) is 3.05. The van der Waals surface area contributed by atoms with Gasteiger partial charge in [0, 0.05) is 17.7 Å². The molecule has 116 valence electrons. The molecule has 0 aromatic heterocycles. The molecule has 0 aliphatic carbocycles. The van der Waals surface area contributed by atoms with Crippen molar-refractivity contribution in [2.75, 3.05) is 6.54 Å². The van der Waals surface area contributed by atoms with E-state index in [9.17, 15) is 10.1 Å². The molecular formula is C19H18N2O2. The predicted molar refractivity (Wildman–Crippen MR) is 86.9 cm³/mol. The largest absolute Gasteiger partial charge is 0.489 e. The van der Waals surface area contributed by atoms with E-state index in [1.54, 1.807) is 17.0 Å². The molecule has 23 heavy (non-hydrogen) atoms. The number of carbonyl (C=O) groups is 1. The second-order valence-electron chi connectivity index (χ2n) is 5.55. The number of ether oxygens (including phenoxy) is 1. The van der Waals surface area contributed by atoms with Crippen LogP contribution in [0.3, 0.4) is 0 Å². The first-order chi connectivity index (χ1) is 11.2. The minimum Gasteiger partial charge on any atom is -0.489 e. The Bertz CT molecular complexity index is 750. The van der Waals surface area contributed by atoms with E-state index in [0.29, 0.717) is 24.5 Å². The lowest BCUT2D eigenvalue weighted by Gasteiger charge is -2.18. The van der Waals surface area contributed by atoms with E-state index in [-0.39, 0.29) is 5.91 Å². The van der Waals surface area contributed by atoms with Crippen molar-refractivity contribution in [2.24, 2.45) is 0 Å². The summed E-state index contributed by atoms with van der Waals surface area (Å²) >= 11 is 0. The van der Waals surface area contributed by atoms with Crippen LogP contribution in [0, 0.1) is 11.3 Å². The minimum absolute atomic E-state index is 0.0667. The maximum Gasteiger partial charge on any atom is 0.255 e. The monoisotopic (exact) mass is 306 g/mol. The van der Waals surface area contributed by atoms with Crippen LogP contribution in [0.5, 0.6) is 5.75 Å². The van der Waals surface area contributed by atoms with E-state index in [1.807, 2.05) is 43.3 Å². The van der Waals surface area contributed by atoms with Gasteiger partial charge in [-0.1, -0.05) is 37.3 Å². The number of carbonyl (C=O) groups excluding carboxylic acids is 1. The van der Waals surface area contributed by atoms with Gasteiger partial charge >= 0.3 is 0 Å². The highest BCUT2D eigenvalue weighted by atomic mass is 16.5. The van der Waals surface area contributed by atoms with Crippen molar-refractivity contribution in [2.45, 2.75) is 26.0 Å². The Labute approximate surface area is 135 Å². The van der Waals surface area contributed by atoms with Gasteiger partial charge in [0.1, 0.15) is 18.4 Å². The molecule has 1 amide bonds. The van der Waals surface area contributed by atoms with Crippen LogP contribution in [-0.2, 0) is 6.61 Å². The molecule has 1 aliphatic rings. The highest BCUT2D eigenvalue weighted by Crippen LogP contribution is 2.35. The fraction of sp³-hybridized carbons (Fsp3) is 0.263. The summed E-state index contributed by atoms with van der Waals surface area (Å²) in [5.74, 6) is 0.613. The van der Waals surface area contributed by atoms with Crippen LogP contribution in [0.1, 0.15) is 40.9 Å². The van der Waals surface area contributed by atoms with Gasteiger partial charge in [-0.15, -0.1) is 0 Å². The summed E-state index contributed by atoms with van der Waals surface area (Å²) in [7, 11) is 0. The third kappa shape index (κ3) is 2.91. The molecule has 0 radical (unpaired) electrons. The van der Waals surface area contributed by atoms with Crippen LogP contribution < -0.4 is 4.74 Å². The van der Waals surface area contributed by atoms with Crippen LogP contribution in [-0.4, -0.2) is 17.4 Å². The quantitative estimate of drug-likeness (QED) is 0.846. The molecule has 4 heteroatoms. The third-order valence-corrected chi connectivity index (χ3v) is 3.96. The van der Waals surface area contributed by atoms with Crippen molar-refractivity contribution in [3.05, 3.63) is 65.2 Å². The number of nitrogens with zero attached hydrogens (tertiary/aromatic N) is 2. The number of nitriles is 1. The van der Waals surface area contributed by atoms with Crippen molar-refractivity contribution in [1.29, 1.82) is 5.26 Å². The summed E-state index contributed by atoms with van der Waals surface area (Å²) in [5, 5.41) is 9.44. The number of benzene rings is 2. The Morgan fingerprint density at radius 3 is 2.70 bits per heavy atom. The number of hydrogen-bond donors (Lipinski definition) is 0. The summed E-state index contributed by atoms with van der Waals surface area (Å²) < 4.78 is 5.80. The topological polar surface area (TPSA) is 53.3 Å². The van der Waals surface area contributed by atoms with Crippen molar-refractivity contribution in [1.82, 2.24) is 4.90 Å². The molecule has 0 saturated heterocycles. The Morgan fingerprint density at radius 1 is 1.22 bits per heavy atom. The van der Waals surface area contributed by atoms with E-state index in [0.717, 1.165) is 17.5 Å². The van der Waals surface area contributed by atoms with E-state index in [4.69, 9.17) is 4.74 Å². The molecule has 0 spiro atoms. The Hall–Kier alpha value is -2.80. The molecule has 2 aromatic carbocycles. The Morgan fingerprint density at radius 2 is 2.00 bits per heavy atom. The predicted octanol–water partition coefficient (Wildman–Crippen LogP) is 3.70. The van der Waals surface area contributed by atoms with Gasteiger partial charge in [-0.05, 0) is 30.2 Å². The molecule has 0 bridgehead atoms. The van der Waals surface area contributed by atoms with Crippen LogP contribution in [0.2, 0.25) is 0 Å². The van der Waals surface area contributed by atoms with Gasteiger partial charge < -0.3 is 9.64 Å². The highest BCUT2D eigenvalue weighted by Gasteiger charge is 2.36. The molecular weight excluding hydrogens is 288 g/mol. The molecule has 2 aromatic rings. The lowest BCUT2D eigenvalue weighted by molar-refractivity contribution is 0.0758. The minimum atomic E-state index is -0.516. The molecule has 3 rings (SSSR count). The maximum atomic E-state index is 12.4. The fourth-order valence-electron chi connectivity index (χ4n) is 2.84. The smallest absolute Gasteiger partial charge is 0.255 e. The normalized spacial score (nSPS) is 16.1. The van der Waals surface area contributed by atoms with E-state index >= 15 is 0 Å². The first-order valence-electron chi connectivity index (χ1n) is 7.76. The lowest BCUT2D eigenvalue weighted by atomic mass is 10.1. The second-order valence-corrected chi connectivity index (χ2v) is 5.55. The van der Waals surface area contributed by atoms with Gasteiger partial charge in [-0.2, -0.15) is 5.26 Å². The summed E-state index contributed by atoms with van der Waals surface area (Å²) in [5.41, 5.74) is 2.43. The van der Waals surface area contributed by atoms with Crippen molar-refractivity contribution >= 4 is 5.91 Å². The summed E-state index contributed by atoms with van der Waals surface area (Å²) in [6, 6.07) is 17.0. The second kappa shape index (κ2) is 6.53. The van der Waals surface area contributed by atoms with E-state index in [1.165, 1.54) is 0 Å². The zero-order chi connectivity index (χ0) is 16.2. The van der Waals surface area contributed by atoms with Crippen LogP contribution >= 0.6 is 0 Å². The zero-order valence-electron chi connectivity index (χ0n) is 13.0. The van der Waals surface area contributed by atoms with Gasteiger partial charge in [0.05, 0.1) is 6.07 Å². The van der Waals surface area contributed by atoms with Crippen LogP contribution in [0.4, 0.5) is 0 Å². The molecule has 1 aliphatic heterocycles. The van der Waals surface area contributed by atoms with E-state index < -0.39 is 6.04 Å². The standard InChI is InChI=1S/C19H18N2O2/c1-2-10-21-18(12-20)17-11-15(8-9-16(17)19(21)22)23-13-14-6-4-3-5-7-14/h3-9,11,18H,2,10,13H2,1H3. The number of rotatable bonds is 5. The Kier molecular flexibility index (Phi) is 4.29. The molecule has 0 N–H and O–H groups in total. The van der Waals surface area contributed by atoms with Crippen molar-refractivity contribution < 1.29 is 9.53 Å². The highest BCUT2D eigenvalue weighted by molar-refractivity contribution is 5.99. The van der Waals surface area contributed by atoms with Gasteiger partial charge in [0.25, 0.3) is 5.91 Å². The average molecular weight is 306 g/mol. The number of amides is 1. The van der Waals surface area contributed by atoms with Crippen molar-refractivity contribution in [3.8, 4) is 11.8 Å². The van der Waals surface area contributed by atoms with Crippen LogP contribution in [0.15, 0.2) is 48.5 Å². The molecule has 0 saturated carbocycles. The molecule has 1 atom stereocenters. The first kappa shape index (κ1) is 15.1. The summed E-state index contributed by atoms with van der Waals surface area (Å²) in [4.78, 5) is 14.0. The zero-order valence-corrected chi connectivity index (χ0v) is 13.0. The molecule has 1 unspecified atom stereocenters. The first-order valence-corrected chi connectivity index (χ1v) is 7.76. The number of hydrogen-bond acceptors (Lipinski definition) is 3. The van der Waals surface area contributed by atoms with Crippen molar-refractivity contribution in [3.63, 3.8) is 0 Å². The third-order valence-electron chi connectivity index (χ3n) is 3.96. The van der Waals surface area contributed by atoms with Gasteiger partial charge in [0.15, 0.2) is 0 Å². The molecule has 1 heterocycles. The Balaban J connectivity index is 1.81. The van der Waals surface area contributed by atoms with Gasteiger partial charge in [0.2, 0.25) is 0 Å².